The monoisotopic (exact) mass is 336 g/mol. The van der Waals surface area contributed by atoms with E-state index in [-0.39, 0.29) is 11.9 Å². The van der Waals surface area contributed by atoms with Gasteiger partial charge >= 0.3 is 0 Å². The highest BCUT2D eigenvalue weighted by molar-refractivity contribution is 6.30. The molecule has 0 saturated carbocycles. The molecule has 1 aromatic heterocycles. The van der Waals surface area contributed by atoms with E-state index in [1.807, 2.05) is 12.1 Å². The molecule has 2 heterocycles. The first kappa shape index (κ1) is 15.9. The van der Waals surface area contributed by atoms with Crippen LogP contribution in [0.4, 0.5) is 0 Å². The summed E-state index contributed by atoms with van der Waals surface area (Å²) in [6, 6.07) is 6.86. The molecule has 2 aromatic rings. The molecule has 0 aliphatic carbocycles. The lowest BCUT2D eigenvalue weighted by Gasteiger charge is -2.09. The third-order valence-corrected chi connectivity index (χ3v) is 3.85. The molecular formula is C15H17ClN4O3. The summed E-state index contributed by atoms with van der Waals surface area (Å²) >= 11 is 5.94. The second-order valence-corrected chi connectivity index (χ2v) is 5.85. The zero-order valence-corrected chi connectivity index (χ0v) is 13.1. The number of nitrogens with zero attached hydrogens (tertiary/aromatic N) is 2. The highest BCUT2D eigenvalue weighted by atomic mass is 35.5. The van der Waals surface area contributed by atoms with Gasteiger partial charge in [-0.2, -0.15) is 4.98 Å². The first-order valence-corrected chi connectivity index (χ1v) is 7.77. The first-order valence-electron chi connectivity index (χ1n) is 7.39. The summed E-state index contributed by atoms with van der Waals surface area (Å²) in [6.07, 6.45) is 0.418. The van der Waals surface area contributed by atoms with Crippen LogP contribution in [-0.2, 0) is 11.2 Å². The minimum atomic E-state index is -0.457. The van der Waals surface area contributed by atoms with E-state index in [2.05, 4.69) is 20.8 Å². The second kappa shape index (κ2) is 7.08. The van der Waals surface area contributed by atoms with Gasteiger partial charge in [0.25, 0.3) is 0 Å². The molecule has 1 saturated heterocycles. The fourth-order valence-electron chi connectivity index (χ4n) is 2.43. The maximum atomic E-state index is 11.9. The lowest BCUT2D eigenvalue weighted by atomic mass is 10.2. The van der Waals surface area contributed by atoms with E-state index < -0.39 is 6.10 Å². The Morgan fingerprint density at radius 1 is 1.52 bits per heavy atom. The molecule has 8 heteroatoms. The van der Waals surface area contributed by atoms with Gasteiger partial charge in [0.1, 0.15) is 0 Å². The molecule has 0 spiro atoms. The molecule has 7 nitrogen and oxygen atoms in total. The van der Waals surface area contributed by atoms with Crippen LogP contribution in [0.3, 0.4) is 0 Å². The minimum Gasteiger partial charge on any atom is -0.392 e. The smallest absolute Gasteiger partial charge is 0.237 e. The van der Waals surface area contributed by atoms with Crippen molar-refractivity contribution in [1.29, 1.82) is 0 Å². The Kier molecular flexibility index (Phi) is 4.90. The molecule has 3 rings (SSSR count). The van der Waals surface area contributed by atoms with Crippen molar-refractivity contribution in [3.63, 3.8) is 0 Å². The van der Waals surface area contributed by atoms with E-state index in [0.29, 0.717) is 42.7 Å². The lowest BCUT2D eigenvalue weighted by molar-refractivity contribution is -0.122. The van der Waals surface area contributed by atoms with Crippen LogP contribution in [0.25, 0.3) is 11.4 Å². The van der Waals surface area contributed by atoms with E-state index in [0.717, 1.165) is 5.56 Å². The molecule has 2 atom stereocenters. The lowest BCUT2D eigenvalue weighted by Crippen LogP contribution is -2.41. The van der Waals surface area contributed by atoms with Gasteiger partial charge in [-0.05, 0) is 18.6 Å². The summed E-state index contributed by atoms with van der Waals surface area (Å²) in [6.45, 7) is 0.842. The number of hydrogen-bond acceptors (Lipinski definition) is 6. The highest BCUT2D eigenvalue weighted by Crippen LogP contribution is 2.19. The molecular weight excluding hydrogens is 320 g/mol. The highest BCUT2D eigenvalue weighted by Gasteiger charge is 2.27. The number of amides is 1. The number of hydrogen-bond donors (Lipinski definition) is 3. The van der Waals surface area contributed by atoms with Gasteiger partial charge in [-0.1, -0.05) is 28.9 Å². The average Bonchev–Trinajstić information content (AvgIpc) is 3.16. The molecule has 122 valence electrons. The van der Waals surface area contributed by atoms with Crippen molar-refractivity contribution in [2.24, 2.45) is 0 Å². The van der Waals surface area contributed by atoms with Crippen LogP contribution in [0.5, 0.6) is 0 Å². The Bertz CT molecular complexity index is 691. The minimum absolute atomic E-state index is 0.129. The molecule has 1 aliphatic heterocycles. The number of benzene rings is 1. The summed E-state index contributed by atoms with van der Waals surface area (Å²) in [5, 5.41) is 19.7. The van der Waals surface area contributed by atoms with Crippen molar-refractivity contribution in [2.45, 2.75) is 25.0 Å². The summed E-state index contributed by atoms with van der Waals surface area (Å²) in [7, 11) is 0. The quantitative estimate of drug-likeness (QED) is 0.745. The number of nitrogens with one attached hydrogen (secondary N) is 2. The van der Waals surface area contributed by atoms with E-state index in [1.165, 1.54) is 0 Å². The van der Waals surface area contributed by atoms with Crippen LogP contribution in [-0.4, -0.2) is 46.4 Å². The van der Waals surface area contributed by atoms with Crippen LogP contribution in [0.1, 0.15) is 12.3 Å². The van der Waals surface area contributed by atoms with E-state index in [9.17, 15) is 9.90 Å². The van der Waals surface area contributed by atoms with Gasteiger partial charge in [0.05, 0.1) is 12.1 Å². The van der Waals surface area contributed by atoms with Gasteiger partial charge in [-0.25, -0.2) is 0 Å². The topological polar surface area (TPSA) is 100 Å². The standard InChI is InChI=1S/C15H17ClN4O3/c16-10-3-1-2-9(6-10)14-19-13(23-20-14)4-5-17-15(22)12-7-11(21)8-18-12/h1-3,6,11-12,18,21H,4-5,7-8H2,(H,17,22). The molecule has 1 aliphatic rings. The van der Waals surface area contributed by atoms with Gasteiger partial charge in [0.15, 0.2) is 0 Å². The third-order valence-electron chi connectivity index (χ3n) is 3.61. The zero-order valence-electron chi connectivity index (χ0n) is 12.3. The number of rotatable bonds is 5. The molecule has 0 radical (unpaired) electrons. The van der Waals surface area contributed by atoms with Crippen molar-refractivity contribution < 1.29 is 14.4 Å². The zero-order chi connectivity index (χ0) is 16.2. The maximum Gasteiger partial charge on any atom is 0.237 e. The summed E-state index contributed by atoms with van der Waals surface area (Å²) in [5.74, 6) is 0.783. The predicted octanol–water partition coefficient (Wildman–Crippen LogP) is 0.771. The summed E-state index contributed by atoms with van der Waals surface area (Å²) in [4.78, 5) is 16.2. The third kappa shape index (κ3) is 4.07. The molecule has 1 aromatic carbocycles. The molecule has 1 fully saturated rings. The second-order valence-electron chi connectivity index (χ2n) is 5.41. The van der Waals surface area contributed by atoms with Crippen molar-refractivity contribution in [1.82, 2.24) is 20.8 Å². The predicted molar refractivity (Wildman–Crippen MR) is 83.9 cm³/mol. The number of β-amino-alcohol motifs (C(OH)–C–C–N with tert-alkyl or cyclic N) is 1. The van der Waals surface area contributed by atoms with Gasteiger partial charge in [-0.3, -0.25) is 4.79 Å². The van der Waals surface area contributed by atoms with Crippen LogP contribution in [0.15, 0.2) is 28.8 Å². The Balaban J connectivity index is 1.51. The number of aliphatic hydroxyl groups excluding tert-OH is 1. The molecule has 2 unspecified atom stereocenters. The number of halogens is 1. The summed E-state index contributed by atoms with van der Waals surface area (Å²) in [5.41, 5.74) is 0.778. The number of aliphatic hydroxyl groups is 1. The number of carbonyl (C=O) groups excluding carboxylic acids is 1. The SMILES string of the molecule is O=C(NCCc1nc(-c2cccc(Cl)c2)no1)C1CC(O)CN1. The van der Waals surface area contributed by atoms with Gasteiger partial charge in [0, 0.05) is 30.1 Å². The first-order chi connectivity index (χ1) is 11.1. The van der Waals surface area contributed by atoms with Crippen molar-refractivity contribution in [3.05, 3.63) is 35.2 Å². The summed E-state index contributed by atoms with van der Waals surface area (Å²) < 4.78 is 5.17. The molecule has 0 bridgehead atoms. The fraction of sp³-hybridized carbons (Fsp3) is 0.400. The van der Waals surface area contributed by atoms with Crippen molar-refractivity contribution >= 4 is 17.5 Å². The molecule has 1 amide bonds. The average molecular weight is 337 g/mol. The normalized spacial score (nSPS) is 20.6. The fourth-order valence-corrected chi connectivity index (χ4v) is 2.62. The van der Waals surface area contributed by atoms with Gasteiger partial charge in [0.2, 0.25) is 17.6 Å². The van der Waals surface area contributed by atoms with Crippen molar-refractivity contribution in [2.75, 3.05) is 13.1 Å². The molecule has 3 N–H and O–H groups in total. The van der Waals surface area contributed by atoms with Crippen LogP contribution in [0.2, 0.25) is 5.02 Å². The Morgan fingerprint density at radius 3 is 3.13 bits per heavy atom. The van der Waals surface area contributed by atoms with E-state index in [4.69, 9.17) is 16.1 Å². The van der Waals surface area contributed by atoms with Crippen LogP contribution in [0, 0.1) is 0 Å². The Hall–Kier alpha value is -1.96. The maximum absolute atomic E-state index is 11.9. The van der Waals surface area contributed by atoms with Gasteiger partial charge in [-0.15, -0.1) is 0 Å². The van der Waals surface area contributed by atoms with E-state index >= 15 is 0 Å². The Morgan fingerprint density at radius 2 is 2.39 bits per heavy atom. The number of aromatic nitrogens is 2. The molecule has 23 heavy (non-hydrogen) atoms. The van der Waals surface area contributed by atoms with E-state index in [1.54, 1.807) is 12.1 Å². The largest absolute Gasteiger partial charge is 0.392 e. The number of carbonyl (C=O) groups is 1. The van der Waals surface area contributed by atoms with Crippen LogP contribution < -0.4 is 10.6 Å². The van der Waals surface area contributed by atoms with Crippen LogP contribution >= 0.6 is 11.6 Å². The van der Waals surface area contributed by atoms with Crippen molar-refractivity contribution in [3.8, 4) is 11.4 Å². The van der Waals surface area contributed by atoms with Gasteiger partial charge < -0.3 is 20.3 Å². The Labute approximate surface area is 138 Å².